The Balaban J connectivity index is 2.54. The lowest BCUT2D eigenvalue weighted by molar-refractivity contribution is -0.127. The summed E-state index contributed by atoms with van der Waals surface area (Å²) in [5.41, 5.74) is 2.13. The predicted octanol–water partition coefficient (Wildman–Crippen LogP) is -0.932. The Bertz CT molecular complexity index is 200. The molecule has 0 aromatic heterocycles. The van der Waals surface area contributed by atoms with Gasteiger partial charge in [-0.3, -0.25) is 15.1 Å². The number of nitrogens with two attached hydrogens (primary N) is 1. The van der Waals surface area contributed by atoms with E-state index in [1.54, 1.807) is 6.92 Å². The zero-order chi connectivity index (χ0) is 10.7. The average molecular weight is 201 g/mol. The molecule has 4 N–H and O–H groups in total. The molecule has 1 fully saturated rings. The van der Waals surface area contributed by atoms with Crippen LogP contribution in [0.2, 0.25) is 0 Å². The predicted molar refractivity (Wildman–Crippen MR) is 53.2 cm³/mol. The smallest absolute Gasteiger partial charge is 0.250 e. The van der Waals surface area contributed by atoms with E-state index in [1.807, 2.05) is 4.90 Å². The Hall–Kier alpha value is -0.650. The summed E-state index contributed by atoms with van der Waals surface area (Å²) in [6.45, 7) is 5.26. The van der Waals surface area contributed by atoms with E-state index < -0.39 is 0 Å². The second-order valence-electron chi connectivity index (χ2n) is 4.13. The standard InChI is InChI=1S/C9H19N3O2/c1-6-3-8(13)5-12(4-6)7(2)9(14)11-10/h6-8,13H,3-5,10H2,1-2H3,(H,11,14). The molecule has 5 heteroatoms. The van der Waals surface area contributed by atoms with Crippen molar-refractivity contribution >= 4 is 5.91 Å². The first-order valence-electron chi connectivity index (χ1n) is 4.97. The van der Waals surface area contributed by atoms with Crippen molar-refractivity contribution in [1.82, 2.24) is 10.3 Å². The molecular formula is C9H19N3O2. The number of carbonyl (C=O) groups is 1. The lowest BCUT2D eigenvalue weighted by Crippen LogP contribution is -2.53. The van der Waals surface area contributed by atoms with Gasteiger partial charge in [0.25, 0.3) is 5.91 Å². The summed E-state index contributed by atoms with van der Waals surface area (Å²) in [5.74, 6) is 5.28. The number of hydrogen-bond donors (Lipinski definition) is 3. The zero-order valence-corrected chi connectivity index (χ0v) is 8.73. The van der Waals surface area contributed by atoms with Gasteiger partial charge < -0.3 is 5.11 Å². The Morgan fingerprint density at radius 3 is 2.79 bits per heavy atom. The van der Waals surface area contributed by atoms with E-state index >= 15 is 0 Å². The summed E-state index contributed by atoms with van der Waals surface area (Å²) in [5, 5.41) is 9.55. The summed E-state index contributed by atoms with van der Waals surface area (Å²) in [6.07, 6.45) is 0.486. The molecule has 3 atom stereocenters. The maximum absolute atomic E-state index is 11.3. The summed E-state index contributed by atoms with van der Waals surface area (Å²) in [4.78, 5) is 13.2. The van der Waals surface area contributed by atoms with Gasteiger partial charge in [-0.1, -0.05) is 6.92 Å². The number of piperidine rings is 1. The maximum Gasteiger partial charge on any atom is 0.250 e. The molecule has 1 rings (SSSR count). The number of likely N-dealkylation sites (tertiary alicyclic amines) is 1. The van der Waals surface area contributed by atoms with Gasteiger partial charge in [0.15, 0.2) is 0 Å². The normalized spacial score (nSPS) is 31.1. The van der Waals surface area contributed by atoms with Gasteiger partial charge in [0.05, 0.1) is 12.1 Å². The molecule has 1 heterocycles. The molecule has 0 aromatic rings. The molecule has 0 aliphatic carbocycles. The minimum absolute atomic E-state index is 0.202. The number of hydrogen-bond acceptors (Lipinski definition) is 4. The summed E-state index contributed by atoms with van der Waals surface area (Å²) < 4.78 is 0. The van der Waals surface area contributed by atoms with Crippen LogP contribution in [0.15, 0.2) is 0 Å². The van der Waals surface area contributed by atoms with Crippen molar-refractivity contribution < 1.29 is 9.90 Å². The molecule has 0 spiro atoms. The first-order chi connectivity index (χ1) is 6.54. The van der Waals surface area contributed by atoms with Crippen LogP contribution in [0.1, 0.15) is 20.3 Å². The van der Waals surface area contributed by atoms with Crippen molar-refractivity contribution in [2.75, 3.05) is 13.1 Å². The fourth-order valence-electron chi connectivity index (χ4n) is 1.96. The molecule has 3 unspecified atom stereocenters. The molecule has 1 aliphatic rings. The Morgan fingerprint density at radius 1 is 1.64 bits per heavy atom. The molecule has 0 bridgehead atoms. The Labute approximate surface area is 84.2 Å². The second kappa shape index (κ2) is 4.72. The number of rotatable bonds is 2. The van der Waals surface area contributed by atoms with Crippen LogP contribution in [0.25, 0.3) is 0 Å². The quantitative estimate of drug-likeness (QED) is 0.306. The number of nitrogens with zero attached hydrogens (tertiary/aromatic N) is 1. The van der Waals surface area contributed by atoms with Crippen LogP contribution in [-0.4, -0.2) is 41.1 Å². The van der Waals surface area contributed by atoms with E-state index in [0.29, 0.717) is 12.5 Å². The van der Waals surface area contributed by atoms with Crippen molar-refractivity contribution in [3.63, 3.8) is 0 Å². The van der Waals surface area contributed by atoms with Gasteiger partial charge >= 0.3 is 0 Å². The van der Waals surface area contributed by atoms with E-state index in [4.69, 9.17) is 5.84 Å². The van der Waals surface area contributed by atoms with Crippen LogP contribution in [0.5, 0.6) is 0 Å². The highest BCUT2D eigenvalue weighted by atomic mass is 16.3. The molecule has 5 nitrogen and oxygen atoms in total. The van der Waals surface area contributed by atoms with Crippen LogP contribution in [0.4, 0.5) is 0 Å². The lowest BCUT2D eigenvalue weighted by Gasteiger charge is -2.37. The van der Waals surface area contributed by atoms with Crippen LogP contribution in [0, 0.1) is 5.92 Å². The molecule has 0 aromatic carbocycles. The maximum atomic E-state index is 11.3. The number of aliphatic hydroxyl groups excluding tert-OH is 1. The molecule has 82 valence electrons. The Kier molecular flexibility index (Phi) is 3.86. The third-order valence-corrected chi connectivity index (χ3v) is 2.74. The van der Waals surface area contributed by atoms with E-state index in [2.05, 4.69) is 12.3 Å². The van der Waals surface area contributed by atoms with Gasteiger partial charge in [0.1, 0.15) is 0 Å². The number of aliphatic hydroxyl groups is 1. The third-order valence-electron chi connectivity index (χ3n) is 2.74. The topological polar surface area (TPSA) is 78.6 Å². The second-order valence-corrected chi connectivity index (χ2v) is 4.13. The van der Waals surface area contributed by atoms with Gasteiger partial charge in [0.2, 0.25) is 0 Å². The van der Waals surface area contributed by atoms with E-state index in [-0.39, 0.29) is 18.1 Å². The van der Waals surface area contributed by atoms with Crippen molar-refractivity contribution in [3.05, 3.63) is 0 Å². The van der Waals surface area contributed by atoms with Gasteiger partial charge in [0, 0.05) is 13.1 Å². The number of amides is 1. The van der Waals surface area contributed by atoms with Crippen molar-refractivity contribution in [1.29, 1.82) is 0 Å². The van der Waals surface area contributed by atoms with Crippen molar-refractivity contribution in [2.45, 2.75) is 32.4 Å². The van der Waals surface area contributed by atoms with E-state index in [1.165, 1.54) is 0 Å². The molecule has 1 saturated heterocycles. The van der Waals surface area contributed by atoms with Crippen molar-refractivity contribution in [3.8, 4) is 0 Å². The highest BCUT2D eigenvalue weighted by Crippen LogP contribution is 2.18. The molecule has 14 heavy (non-hydrogen) atoms. The summed E-state index contributed by atoms with van der Waals surface area (Å²) in [6, 6.07) is -0.266. The van der Waals surface area contributed by atoms with Crippen molar-refractivity contribution in [2.24, 2.45) is 11.8 Å². The van der Waals surface area contributed by atoms with Gasteiger partial charge in [-0.2, -0.15) is 0 Å². The monoisotopic (exact) mass is 201 g/mol. The minimum Gasteiger partial charge on any atom is -0.392 e. The third kappa shape index (κ3) is 2.67. The fourth-order valence-corrected chi connectivity index (χ4v) is 1.96. The molecule has 0 saturated carbocycles. The fraction of sp³-hybridized carbons (Fsp3) is 0.889. The minimum atomic E-state index is -0.327. The number of hydrazine groups is 1. The Morgan fingerprint density at radius 2 is 2.29 bits per heavy atom. The number of β-amino-alcohol motifs (C(OH)–C–C–N with tert-alkyl or cyclic N) is 1. The first kappa shape index (κ1) is 11.4. The number of nitrogens with one attached hydrogen (secondary N) is 1. The van der Waals surface area contributed by atoms with E-state index in [0.717, 1.165) is 13.0 Å². The largest absolute Gasteiger partial charge is 0.392 e. The van der Waals surface area contributed by atoms with Crippen LogP contribution in [-0.2, 0) is 4.79 Å². The lowest BCUT2D eigenvalue weighted by atomic mass is 9.96. The molecule has 1 amide bonds. The van der Waals surface area contributed by atoms with E-state index in [9.17, 15) is 9.90 Å². The highest BCUT2D eigenvalue weighted by Gasteiger charge is 2.29. The average Bonchev–Trinajstić information content (AvgIpc) is 2.14. The highest BCUT2D eigenvalue weighted by molar-refractivity contribution is 5.80. The molecule has 0 radical (unpaired) electrons. The van der Waals surface area contributed by atoms with Crippen LogP contribution >= 0.6 is 0 Å². The van der Waals surface area contributed by atoms with Crippen LogP contribution in [0.3, 0.4) is 0 Å². The van der Waals surface area contributed by atoms with Gasteiger partial charge in [-0.15, -0.1) is 0 Å². The first-order valence-corrected chi connectivity index (χ1v) is 4.97. The summed E-state index contributed by atoms with van der Waals surface area (Å²) in [7, 11) is 0. The zero-order valence-electron chi connectivity index (χ0n) is 8.73. The number of carbonyl (C=O) groups excluding carboxylic acids is 1. The van der Waals surface area contributed by atoms with Gasteiger partial charge in [-0.05, 0) is 19.3 Å². The molecule has 1 aliphatic heterocycles. The summed E-state index contributed by atoms with van der Waals surface area (Å²) >= 11 is 0. The van der Waals surface area contributed by atoms with Crippen LogP contribution < -0.4 is 11.3 Å². The molecular weight excluding hydrogens is 182 g/mol. The SMILES string of the molecule is CC1CC(O)CN(C(C)C(=O)NN)C1. The van der Waals surface area contributed by atoms with Gasteiger partial charge in [-0.25, -0.2) is 5.84 Å².